The molecule has 0 aromatic heterocycles. The third-order valence-electron chi connectivity index (χ3n) is 4.35. The molecule has 154 valence electrons. The molecule has 0 spiro atoms. The summed E-state index contributed by atoms with van der Waals surface area (Å²) in [4.78, 5) is 18.5. The molecule has 2 aromatic rings. The summed E-state index contributed by atoms with van der Waals surface area (Å²) in [6.07, 6.45) is -0.381. The number of aryl methyl sites for hydroxylation is 1. The molecule has 1 aliphatic rings. The molecule has 6 nitrogen and oxygen atoms in total. The predicted octanol–water partition coefficient (Wildman–Crippen LogP) is 4.06. The minimum atomic E-state index is -0.547. The second-order valence-corrected chi connectivity index (χ2v) is 8.14. The van der Waals surface area contributed by atoms with Gasteiger partial charge in [-0.15, -0.1) is 0 Å². The lowest BCUT2D eigenvalue weighted by Crippen LogP contribution is -2.39. The first kappa shape index (κ1) is 20.9. The number of amidine groups is 1. The Hall–Kier alpha value is -2.86. The van der Waals surface area contributed by atoms with Gasteiger partial charge < -0.3 is 14.6 Å². The minimum absolute atomic E-state index is 0.0135. The SMILES string of the molecule is Cc1cc(CO)cc(COc2ccc(C3=NCCN3C(=O)OC(C)(C)C)cc2)c1. The molecule has 29 heavy (non-hydrogen) atoms. The average molecular weight is 396 g/mol. The molecule has 0 aliphatic carbocycles. The van der Waals surface area contributed by atoms with Crippen molar-refractivity contribution in [1.29, 1.82) is 0 Å². The second kappa shape index (κ2) is 8.66. The van der Waals surface area contributed by atoms with Crippen LogP contribution in [0.3, 0.4) is 0 Å². The first-order valence-electron chi connectivity index (χ1n) is 9.74. The van der Waals surface area contributed by atoms with Gasteiger partial charge in [0, 0.05) is 5.56 Å². The summed E-state index contributed by atoms with van der Waals surface area (Å²) in [5, 5.41) is 9.34. The number of benzene rings is 2. The van der Waals surface area contributed by atoms with Crippen LogP contribution in [0.25, 0.3) is 0 Å². The smallest absolute Gasteiger partial charge is 0.416 e. The van der Waals surface area contributed by atoms with Crippen LogP contribution in [0.1, 0.15) is 43.0 Å². The average Bonchev–Trinajstić information content (AvgIpc) is 3.15. The van der Waals surface area contributed by atoms with Crippen molar-refractivity contribution in [3.63, 3.8) is 0 Å². The first-order chi connectivity index (χ1) is 13.7. The fraction of sp³-hybridized carbons (Fsp3) is 0.391. The van der Waals surface area contributed by atoms with Gasteiger partial charge in [0.1, 0.15) is 23.8 Å². The molecule has 0 saturated carbocycles. The van der Waals surface area contributed by atoms with Crippen molar-refractivity contribution in [3.05, 3.63) is 64.7 Å². The van der Waals surface area contributed by atoms with Crippen molar-refractivity contribution >= 4 is 11.9 Å². The van der Waals surface area contributed by atoms with Crippen LogP contribution in [-0.2, 0) is 18.0 Å². The fourth-order valence-electron chi connectivity index (χ4n) is 3.18. The molecule has 0 radical (unpaired) electrons. The van der Waals surface area contributed by atoms with E-state index in [9.17, 15) is 9.90 Å². The van der Waals surface area contributed by atoms with E-state index in [1.54, 1.807) is 4.90 Å². The molecule has 1 aliphatic heterocycles. The maximum Gasteiger partial charge on any atom is 0.416 e. The molecule has 0 atom stereocenters. The molecule has 2 aromatic carbocycles. The Morgan fingerprint density at radius 1 is 1.14 bits per heavy atom. The van der Waals surface area contributed by atoms with Crippen LogP contribution >= 0.6 is 0 Å². The number of hydrogen-bond donors (Lipinski definition) is 1. The monoisotopic (exact) mass is 396 g/mol. The highest BCUT2D eigenvalue weighted by Gasteiger charge is 2.29. The quantitative estimate of drug-likeness (QED) is 0.827. The van der Waals surface area contributed by atoms with Crippen molar-refractivity contribution in [2.24, 2.45) is 4.99 Å². The number of nitrogens with zero attached hydrogens (tertiary/aromatic N) is 2. The van der Waals surface area contributed by atoms with Crippen LogP contribution in [0, 0.1) is 6.92 Å². The Labute approximate surface area is 171 Å². The largest absolute Gasteiger partial charge is 0.489 e. The van der Waals surface area contributed by atoms with E-state index in [1.807, 2.05) is 70.2 Å². The third-order valence-corrected chi connectivity index (χ3v) is 4.35. The van der Waals surface area contributed by atoms with Gasteiger partial charge in [0.25, 0.3) is 0 Å². The molecule has 1 N–H and O–H groups in total. The van der Waals surface area contributed by atoms with Gasteiger partial charge in [-0.25, -0.2) is 4.79 Å². The lowest BCUT2D eigenvalue weighted by molar-refractivity contribution is 0.0385. The molecule has 0 fully saturated rings. The van der Waals surface area contributed by atoms with Gasteiger partial charge in [-0.1, -0.05) is 23.8 Å². The van der Waals surface area contributed by atoms with Crippen molar-refractivity contribution < 1.29 is 19.4 Å². The van der Waals surface area contributed by atoms with E-state index in [4.69, 9.17) is 9.47 Å². The zero-order chi connectivity index (χ0) is 21.0. The maximum atomic E-state index is 12.4. The number of hydrogen-bond acceptors (Lipinski definition) is 5. The van der Waals surface area contributed by atoms with Crippen LogP contribution in [0.4, 0.5) is 4.79 Å². The summed E-state index contributed by atoms with van der Waals surface area (Å²) in [5.41, 5.74) is 3.27. The van der Waals surface area contributed by atoms with Crippen LogP contribution in [0.15, 0.2) is 47.5 Å². The topological polar surface area (TPSA) is 71.4 Å². The van der Waals surface area contributed by atoms with E-state index in [1.165, 1.54) is 0 Å². The molecule has 3 rings (SSSR count). The fourth-order valence-corrected chi connectivity index (χ4v) is 3.18. The van der Waals surface area contributed by atoms with Crippen LogP contribution in [0.2, 0.25) is 0 Å². The summed E-state index contributed by atoms with van der Waals surface area (Å²) in [6, 6.07) is 13.5. The molecule has 1 amide bonds. The van der Waals surface area contributed by atoms with Crippen LogP contribution < -0.4 is 4.74 Å². The zero-order valence-electron chi connectivity index (χ0n) is 17.4. The number of aliphatic hydroxyl groups is 1. The lowest BCUT2D eigenvalue weighted by atomic mass is 10.1. The zero-order valence-corrected chi connectivity index (χ0v) is 17.4. The predicted molar refractivity (Wildman–Crippen MR) is 112 cm³/mol. The Bertz CT molecular complexity index is 898. The summed E-state index contributed by atoms with van der Waals surface area (Å²) < 4.78 is 11.4. The molecular weight excluding hydrogens is 368 g/mol. The van der Waals surface area contributed by atoms with Gasteiger partial charge in [0.2, 0.25) is 0 Å². The van der Waals surface area contributed by atoms with E-state index in [0.29, 0.717) is 25.5 Å². The van der Waals surface area contributed by atoms with Crippen molar-refractivity contribution in [2.45, 2.75) is 46.5 Å². The number of carbonyl (C=O) groups is 1. The highest BCUT2D eigenvalue weighted by molar-refractivity contribution is 6.07. The van der Waals surface area contributed by atoms with Crippen LogP contribution in [-0.4, -0.2) is 40.6 Å². The molecule has 6 heteroatoms. The summed E-state index contributed by atoms with van der Waals surface area (Å²) >= 11 is 0. The highest BCUT2D eigenvalue weighted by Crippen LogP contribution is 2.20. The number of rotatable bonds is 5. The summed E-state index contributed by atoms with van der Waals surface area (Å²) in [6.45, 7) is 9.05. The maximum absolute atomic E-state index is 12.4. The highest BCUT2D eigenvalue weighted by atomic mass is 16.6. The molecule has 1 heterocycles. The van der Waals surface area contributed by atoms with E-state index in [2.05, 4.69) is 4.99 Å². The number of carbonyl (C=O) groups excluding carboxylic acids is 1. The third kappa shape index (κ3) is 5.57. The Kier molecular flexibility index (Phi) is 6.23. The Balaban J connectivity index is 1.65. The van der Waals surface area contributed by atoms with Gasteiger partial charge >= 0.3 is 6.09 Å². The molecule has 0 bridgehead atoms. The van der Waals surface area contributed by atoms with Gasteiger partial charge in [-0.05, 0) is 63.1 Å². The van der Waals surface area contributed by atoms with Crippen LogP contribution in [0.5, 0.6) is 5.75 Å². The minimum Gasteiger partial charge on any atom is -0.489 e. The normalized spacial score (nSPS) is 14.0. The van der Waals surface area contributed by atoms with Gasteiger partial charge in [0.05, 0.1) is 19.7 Å². The standard InChI is InChI=1S/C23H28N2O4/c1-16-11-17(14-26)13-18(12-16)15-28-20-7-5-19(6-8-20)21-24-9-10-25(21)22(27)29-23(2,3)4/h5-8,11-13,26H,9-10,14-15H2,1-4H3. The van der Waals surface area contributed by atoms with E-state index >= 15 is 0 Å². The number of aliphatic imine (C=N–C) groups is 1. The van der Waals surface area contributed by atoms with Crippen molar-refractivity contribution in [3.8, 4) is 5.75 Å². The Morgan fingerprint density at radius 3 is 2.48 bits per heavy atom. The van der Waals surface area contributed by atoms with Gasteiger partial charge in [-0.2, -0.15) is 0 Å². The van der Waals surface area contributed by atoms with E-state index < -0.39 is 5.60 Å². The Morgan fingerprint density at radius 2 is 1.83 bits per heavy atom. The summed E-state index contributed by atoms with van der Waals surface area (Å²) in [7, 11) is 0. The van der Waals surface area contributed by atoms with Gasteiger partial charge in [-0.3, -0.25) is 9.89 Å². The number of amides is 1. The molecule has 0 unspecified atom stereocenters. The van der Waals surface area contributed by atoms with Gasteiger partial charge in [0.15, 0.2) is 0 Å². The van der Waals surface area contributed by atoms with Crippen molar-refractivity contribution in [1.82, 2.24) is 4.90 Å². The molecule has 0 saturated heterocycles. The van der Waals surface area contributed by atoms with E-state index in [0.717, 1.165) is 28.0 Å². The second-order valence-electron chi connectivity index (χ2n) is 8.14. The summed E-state index contributed by atoms with van der Waals surface area (Å²) in [5.74, 6) is 1.35. The first-order valence-corrected chi connectivity index (χ1v) is 9.74. The van der Waals surface area contributed by atoms with Crippen molar-refractivity contribution in [2.75, 3.05) is 13.1 Å². The molecular formula is C23H28N2O4. The number of aliphatic hydroxyl groups excluding tert-OH is 1. The van der Waals surface area contributed by atoms with E-state index in [-0.39, 0.29) is 12.7 Å². The lowest BCUT2D eigenvalue weighted by Gasteiger charge is -2.25. The number of ether oxygens (including phenoxy) is 2.